The molecule has 1 atom stereocenters. The number of carbonyl (C=O) groups excluding carboxylic acids is 1. The number of ether oxygens (including phenoxy) is 1. The van der Waals surface area contributed by atoms with Gasteiger partial charge in [0.25, 0.3) is 0 Å². The Hall–Kier alpha value is -2.29. The van der Waals surface area contributed by atoms with Gasteiger partial charge in [0, 0.05) is 13.1 Å². The molecule has 170 valence electrons. The molecule has 0 bridgehead atoms. The molecule has 0 radical (unpaired) electrons. The van der Waals surface area contributed by atoms with E-state index in [4.69, 9.17) is 16.3 Å². The van der Waals surface area contributed by atoms with Crippen molar-refractivity contribution in [1.29, 1.82) is 0 Å². The summed E-state index contributed by atoms with van der Waals surface area (Å²) < 4.78 is 59.9. The minimum Gasteiger partial charge on any atom is -0.444 e. The van der Waals surface area contributed by atoms with Crippen LogP contribution in [0.15, 0.2) is 18.2 Å². The first-order valence-electron chi connectivity index (χ1n) is 9.85. The lowest BCUT2D eigenvalue weighted by molar-refractivity contribution is -0.140. The molecule has 2 heterocycles. The van der Waals surface area contributed by atoms with Gasteiger partial charge in [0.1, 0.15) is 17.2 Å². The molecule has 0 aliphatic carbocycles. The zero-order valence-corrected chi connectivity index (χ0v) is 18.4. The van der Waals surface area contributed by atoms with Crippen molar-refractivity contribution >= 4 is 17.7 Å². The summed E-state index contributed by atoms with van der Waals surface area (Å²) in [7, 11) is 0. The number of rotatable bonds is 3. The Bertz CT molecular complexity index is 982. The number of nitrogens with zero attached hydrogens (tertiary/aromatic N) is 3. The summed E-state index contributed by atoms with van der Waals surface area (Å²) in [4.78, 5) is 18.7. The molecule has 3 rings (SSSR count). The van der Waals surface area contributed by atoms with Crippen LogP contribution in [0.3, 0.4) is 0 Å². The van der Waals surface area contributed by atoms with Crippen LogP contribution < -0.4 is 0 Å². The lowest BCUT2D eigenvalue weighted by Gasteiger charge is -2.38. The molecule has 0 N–H and O–H groups in total. The molecule has 0 spiro atoms. The van der Waals surface area contributed by atoms with Crippen molar-refractivity contribution < 1.29 is 27.1 Å². The van der Waals surface area contributed by atoms with Crippen molar-refractivity contribution in [2.45, 2.75) is 64.9 Å². The van der Waals surface area contributed by atoms with Gasteiger partial charge in [-0.3, -0.25) is 4.90 Å². The quantitative estimate of drug-likeness (QED) is 0.532. The fourth-order valence-electron chi connectivity index (χ4n) is 3.74. The predicted molar refractivity (Wildman–Crippen MR) is 107 cm³/mol. The van der Waals surface area contributed by atoms with Crippen LogP contribution in [-0.4, -0.2) is 32.7 Å². The normalized spacial score (nSPS) is 16.9. The molecule has 31 heavy (non-hydrogen) atoms. The number of halogens is 5. The Balaban J connectivity index is 1.88. The molecule has 0 saturated carbocycles. The lowest BCUT2D eigenvalue weighted by Crippen LogP contribution is -2.45. The van der Waals surface area contributed by atoms with E-state index in [1.807, 2.05) is 4.57 Å². The molecule has 1 aliphatic heterocycles. The Morgan fingerprint density at radius 1 is 1.26 bits per heavy atom. The maximum absolute atomic E-state index is 14.0. The first-order chi connectivity index (χ1) is 14.3. The molecule has 10 heteroatoms. The SMILES string of the molecule is Cc1nc(Cl)c2n1CCN(C(=O)OC(C)(C)C)C2CCc1ccc(C(F)(F)F)c(F)c1. The topological polar surface area (TPSA) is 47.4 Å². The van der Waals surface area contributed by atoms with Gasteiger partial charge in [0.2, 0.25) is 0 Å². The first kappa shape index (κ1) is 23.4. The summed E-state index contributed by atoms with van der Waals surface area (Å²) in [6, 6.07) is 2.35. The highest BCUT2D eigenvalue weighted by Gasteiger charge is 2.37. The highest BCUT2D eigenvalue weighted by molar-refractivity contribution is 6.30. The fraction of sp³-hybridized carbons (Fsp3) is 0.524. The summed E-state index contributed by atoms with van der Waals surface area (Å²) in [5.74, 6) is -0.619. The number of amides is 1. The van der Waals surface area contributed by atoms with E-state index in [0.29, 0.717) is 36.6 Å². The van der Waals surface area contributed by atoms with E-state index in [1.165, 1.54) is 6.07 Å². The molecule has 5 nitrogen and oxygen atoms in total. The maximum Gasteiger partial charge on any atom is 0.419 e. The third kappa shape index (κ3) is 5.14. The number of aryl methyl sites for hydroxylation is 2. The Morgan fingerprint density at radius 3 is 2.52 bits per heavy atom. The van der Waals surface area contributed by atoms with Gasteiger partial charge in [-0.15, -0.1) is 0 Å². The highest BCUT2D eigenvalue weighted by atomic mass is 35.5. The van der Waals surface area contributed by atoms with Crippen molar-refractivity contribution in [3.63, 3.8) is 0 Å². The number of carbonyl (C=O) groups is 1. The van der Waals surface area contributed by atoms with E-state index in [0.717, 1.165) is 12.1 Å². The van der Waals surface area contributed by atoms with Crippen LogP contribution in [0.25, 0.3) is 0 Å². The number of alkyl halides is 3. The average molecular weight is 462 g/mol. The summed E-state index contributed by atoms with van der Waals surface area (Å²) in [6.07, 6.45) is -4.72. The first-order valence-corrected chi connectivity index (χ1v) is 10.2. The fourth-order valence-corrected chi connectivity index (χ4v) is 4.09. The summed E-state index contributed by atoms with van der Waals surface area (Å²) in [5.41, 5.74) is -0.973. The largest absolute Gasteiger partial charge is 0.444 e. The van der Waals surface area contributed by atoms with E-state index >= 15 is 0 Å². The van der Waals surface area contributed by atoms with Gasteiger partial charge < -0.3 is 9.30 Å². The van der Waals surface area contributed by atoms with Gasteiger partial charge >= 0.3 is 12.3 Å². The minimum absolute atomic E-state index is 0.236. The van der Waals surface area contributed by atoms with Gasteiger partial charge in [0.05, 0.1) is 17.3 Å². The van der Waals surface area contributed by atoms with Crippen molar-refractivity contribution in [2.75, 3.05) is 6.54 Å². The monoisotopic (exact) mass is 461 g/mol. The van der Waals surface area contributed by atoms with E-state index in [1.54, 1.807) is 32.6 Å². The Labute approximate surface area is 183 Å². The van der Waals surface area contributed by atoms with Crippen LogP contribution >= 0.6 is 11.6 Å². The second-order valence-corrected chi connectivity index (χ2v) is 8.88. The van der Waals surface area contributed by atoms with Crippen molar-refractivity contribution in [3.8, 4) is 0 Å². The second-order valence-electron chi connectivity index (χ2n) is 8.53. The van der Waals surface area contributed by atoms with E-state index in [2.05, 4.69) is 4.98 Å². The van der Waals surface area contributed by atoms with Crippen molar-refractivity contribution in [1.82, 2.24) is 14.5 Å². The van der Waals surface area contributed by atoms with Crippen LogP contribution in [0.5, 0.6) is 0 Å². The maximum atomic E-state index is 14.0. The standard InChI is InChI=1S/C21H24ClF4N3O2/c1-12-27-18(22)17-16(29(10-9-28(12)17)19(30)31-20(2,3)4)8-6-13-5-7-14(15(23)11-13)21(24,25)26/h5,7,11,16H,6,8-10H2,1-4H3. The van der Waals surface area contributed by atoms with Gasteiger partial charge in [-0.2, -0.15) is 13.2 Å². The lowest BCUT2D eigenvalue weighted by atomic mass is 9.99. The number of imidazole rings is 1. The van der Waals surface area contributed by atoms with Crippen LogP contribution in [-0.2, 0) is 23.9 Å². The van der Waals surface area contributed by atoms with E-state index in [-0.39, 0.29) is 11.6 Å². The van der Waals surface area contributed by atoms with E-state index < -0.39 is 35.3 Å². The van der Waals surface area contributed by atoms with Crippen LogP contribution in [0.1, 0.15) is 55.9 Å². The summed E-state index contributed by atoms with van der Waals surface area (Å²) in [5, 5.41) is 0.259. The zero-order valence-electron chi connectivity index (χ0n) is 17.7. The third-order valence-electron chi connectivity index (χ3n) is 5.08. The molecule has 0 fully saturated rings. The minimum atomic E-state index is -4.75. The molecular weight excluding hydrogens is 438 g/mol. The summed E-state index contributed by atoms with van der Waals surface area (Å²) >= 11 is 6.34. The number of aromatic nitrogens is 2. The molecule has 0 saturated heterocycles. The molecule has 1 amide bonds. The Morgan fingerprint density at radius 2 is 1.94 bits per heavy atom. The molecule has 1 unspecified atom stereocenters. The van der Waals surface area contributed by atoms with Gasteiger partial charge in [0.15, 0.2) is 5.15 Å². The van der Waals surface area contributed by atoms with Gasteiger partial charge in [-0.25, -0.2) is 14.2 Å². The van der Waals surface area contributed by atoms with Crippen molar-refractivity contribution in [3.05, 3.63) is 51.8 Å². The van der Waals surface area contributed by atoms with Crippen LogP contribution in [0, 0.1) is 12.7 Å². The van der Waals surface area contributed by atoms with Gasteiger partial charge in [-0.1, -0.05) is 17.7 Å². The highest BCUT2D eigenvalue weighted by Crippen LogP contribution is 2.37. The number of benzene rings is 1. The summed E-state index contributed by atoms with van der Waals surface area (Å²) in [6.45, 7) is 7.94. The Kier molecular flexibility index (Phi) is 6.28. The molecule has 1 aromatic heterocycles. The van der Waals surface area contributed by atoms with Crippen LogP contribution in [0.2, 0.25) is 5.15 Å². The molecule has 2 aromatic rings. The van der Waals surface area contributed by atoms with Crippen LogP contribution in [0.4, 0.5) is 22.4 Å². The smallest absolute Gasteiger partial charge is 0.419 e. The van der Waals surface area contributed by atoms with E-state index in [9.17, 15) is 22.4 Å². The third-order valence-corrected chi connectivity index (χ3v) is 5.36. The van der Waals surface area contributed by atoms with Gasteiger partial charge in [-0.05, 0) is 58.2 Å². The van der Waals surface area contributed by atoms with Crippen molar-refractivity contribution in [2.24, 2.45) is 0 Å². The molecular formula is C21H24ClF4N3O2. The molecule has 1 aliphatic rings. The zero-order chi connectivity index (χ0) is 23.1. The number of hydrogen-bond acceptors (Lipinski definition) is 3. The number of hydrogen-bond donors (Lipinski definition) is 0. The predicted octanol–water partition coefficient (Wildman–Crippen LogP) is 5.93. The number of fused-ring (bicyclic) bond motifs is 1. The average Bonchev–Trinajstić information content (AvgIpc) is 2.91. The molecule has 1 aromatic carbocycles. The second kappa shape index (κ2) is 8.33.